The summed E-state index contributed by atoms with van der Waals surface area (Å²) in [5.74, 6) is -2.03. The predicted octanol–water partition coefficient (Wildman–Crippen LogP) is 2.98. The second kappa shape index (κ2) is 28.6. The Morgan fingerprint density at radius 3 is 1.57 bits per heavy atom. The van der Waals surface area contributed by atoms with Gasteiger partial charge in [-0.3, -0.25) is 9.59 Å². The number of methoxy groups -OCH3 is 2. The summed E-state index contributed by atoms with van der Waals surface area (Å²) in [7, 11) is -18.4. The van der Waals surface area contributed by atoms with Crippen molar-refractivity contribution in [1.82, 2.24) is 5.06 Å². The SMILES string of the molecule is COCCOCCOCCOCCC1(C)/C(=C\C=C\C2=[N+](CCOCCOCCOCCC(=O)ON3C(=O)CCC3=O)c3ccc4c(S(=O)(=O)[O-])cc(S(=O)(=O)[O-])cc4c3C2(C)C)N(CCOC)c2ccc3c(S(=O)(=O)[O-])cc(S(=O)(=O)[O-])cc3c21. The standard InChI is InChI=1S/C55H69N3O24S4/c1-54(2)47(56(43-11-9-39-41(52(43)54)33-37(83(62,63)64)35-45(39)85(68,69)70)18-22-78-27-30-80-28-25-76-19-15-51(61)82-58-49(59)13-14-50(58)60)7-6-8-48-55(3,16-20-77-26-29-81-32-31-79-24-23-75-5)53-42-34-38(84(65,66)67)36-46(86(71,72)73)40(42)10-12-44(53)57(48)17-21-74-4/h6-12,33-36H,13-32H2,1-5H3,(H3-,62,63,64,65,66,67,68,69,70,71,72,73)/p-3. The van der Waals surface area contributed by atoms with Crippen molar-refractivity contribution in [2.45, 2.75) is 76.9 Å². The summed E-state index contributed by atoms with van der Waals surface area (Å²) in [4.78, 5) is 38.4. The molecule has 1 saturated heterocycles. The van der Waals surface area contributed by atoms with E-state index in [0.29, 0.717) is 70.9 Å². The number of carbonyl (C=O) groups is 3. The van der Waals surface area contributed by atoms with E-state index in [1.165, 1.54) is 19.2 Å². The van der Waals surface area contributed by atoms with E-state index < -0.39 is 88.7 Å². The van der Waals surface area contributed by atoms with E-state index in [9.17, 15) is 66.3 Å². The maximum Gasteiger partial charge on any atom is 0.335 e. The van der Waals surface area contributed by atoms with Gasteiger partial charge in [0, 0.05) is 80.1 Å². The number of carbonyl (C=O) groups excluding carboxylic acids is 3. The van der Waals surface area contributed by atoms with Crippen molar-refractivity contribution in [3.63, 3.8) is 0 Å². The van der Waals surface area contributed by atoms with Crippen LogP contribution in [-0.4, -0.2) is 205 Å². The molecular weight excluding hydrogens is 1210 g/mol. The van der Waals surface area contributed by atoms with Gasteiger partial charge < -0.3 is 65.8 Å². The highest BCUT2D eigenvalue weighted by atomic mass is 32.2. The maximum absolute atomic E-state index is 12.8. The van der Waals surface area contributed by atoms with Crippen molar-refractivity contribution in [3.8, 4) is 0 Å². The largest absolute Gasteiger partial charge is 0.744 e. The van der Waals surface area contributed by atoms with E-state index in [1.807, 2.05) is 16.4 Å². The molecule has 1 fully saturated rings. The first-order valence-corrected chi connectivity index (χ1v) is 32.6. The first kappa shape index (κ1) is 67.8. The Hall–Kier alpha value is -5.72. The summed E-state index contributed by atoms with van der Waals surface area (Å²) in [5, 5.41) is 0.159. The number of rotatable bonds is 34. The molecule has 4 aromatic carbocycles. The average Bonchev–Trinajstić information content (AvgIpc) is 1.52. The van der Waals surface area contributed by atoms with Crippen molar-refractivity contribution in [2.75, 3.05) is 125 Å². The Labute approximate surface area is 498 Å². The van der Waals surface area contributed by atoms with Crippen molar-refractivity contribution in [3.05, 3.63) is 83.6 Å². The molecule has 86 heavy (non-hydrogen) atoms. The third-order valence-corrected chi connectivity index (χ3v) is 17.9. The molecule has 3 aliphatic rings. The smallest absolute Gasteiger partial charge is 0.335 e. The van der Waals surface area contributed by atoms with Crippen LogP contribution in [0.5, 0.6) is 0 Å². The first-order chi connectivity index (χ1) is 40.5. The van der Waals surface area contributed by atoms with Gasteiger partial charge in [-0.2, -0.15) is 4.58 Å². The third kappa shape index (κ3) is 15.9. The minimum Gasteiger partial charge on any atom is -0.744 e. The molecule has 0 saturated carbocycles. The fourth-order valence-corrected chi connectivity index (χ4v) is 13.2. The molecule has 3 aliphatic heterocycles. The molecule has 3 heterocycles. The van der Waals surface area contributed by atoms with Gasteiger partial charge in [-0.25, -0.2) is 38.5 Å². The van der Waals surface area contributed by atoms with Crippen LogP contribution in [0.15, 0.2) is 92.0 Å². The van der Waals surface area contributed by atoms with Crippen molar-refractivity contribution >= 4 is 96.9 Å². The maximum atomic E-state index is 12.8. The van der Waals surface area contributed by atoms with E-state index in [2.05, 4.69) is 0 Å². The number of ether oxygens (including phenoxy) is 8. The predicted molar refractivity (Wildman–Crippen MR) is 300 cm³/mol. The molecule has 0 spiro atoms. The quantitative estimate of drug-likeness (QED) is 0.0281. The van der Waals surface area contributed by atoms with Crippen LogP contribution in [0.1, 0.15) is 57.6 Å². The van der Waals surface area contributed by atoms with Gasteiger partial charge in [-0.05, 0) is 91.4 Å². The van der Waals surface area contributed by atoms with E-state index >= 15 is 0 Å². The van der Waals surface area contributed by atoms with Crippen LogP contribution in [0.3, 0.4) is 0 Å². The molecule has 0 aliphatic carbocycles. The number of nitrogens with zero attached hydrogens (tertiary/aromatic N) is 3. The van der Waals surface area contributed by atoms with Gasteiger partial charge in [-0.1, -0.05) is 12.1 Å². The van der Waals surface area contributed by atoms with Gasteiger partial charge in [0.1, 0.15) is 47.1 Å². The summed E-state index contributed by atoms with van der Waals surface area (Å²) in [6.45, 7) is 7.80. The second-order valence-electron chi connectivity index (χ2n) is 20.5. The Morgan fingerprint density at radius 2 is 1.06 bits per heavy atom. The van der Waals surface area contributed by atoms with Gasteiger partial charge in [0.2, 0.25) is 5.69 Å². The summed E-state index contributed by atoms with van der Waals surface area (Å²) in [5.41, 5.74) is 0.244. The molecular formula is C55H66N3O24S4-3. The number of anilines is 1. The van der Waals surface area contributed by atoms with E-state index in [4.69, 9.17) is 42.7 Å². The molecule has 1 atom stereocenters. The van der Waals surface area contributed by atoms with Gasteiger partial charge in [0.25, 0.3) is 11.8 Å². The van der Waals surface area contributed by atoms with Gasteiger partial charge in [0.15, 0.2) is 12.3 Å². The molecule has 472 valence electrons. The first-order valence-electron chi connectivity index (χ1n) is 26.9. The Bertz CT molecular complexity index is 3760. The van der Waals surface area contributed by atoms with Gasteiger partial charge >= 0.3 is 5.97 Å². The van der Waals surface area contributed by atoms with Crippen LogP contribution in [0, 0.1) is 0 Å². The van der Waals surface area contributed by atoms with E-state index in [0.717, 1.165) is 12.1 Å². The molecule has 0 aromatic heterocycles. The van der Waals surface area contributed by atoms with Crippen LogP contribution in [0.2, 0.25) is 0 Å². The van der Waals surface area contributed by atoms with Crippen molar-refractivity contribution in [1.29, 1.82) is 0 Å². The topological polar surface area (TPSA) is 373 Å². The molecule has 0 bridgehead atoms. The summed E-state index contributed by atoms with van der Waals surface area (Å²) < 4.78 is 199. The Morgan fingerprint density at radius 1 is 0.581 bits per heavy atom. The molecule has 7 rings (SSSR count). The zero-order valence-electron chi connectivity index (χ0n) is 47.8. The highest BCUT2D eigenvalue weighted by molar-refractivity contribution is 7.87. The molecule has 31 heteroatoms. The fraction of sp³-hybridized carbons (Fsp3) is 0.491. The number of imide groups is 1. The normalized spacial score (nSPS) is 17.8. The van der Waals surface area contributed by atoms with Crippen LogP contribution < -0.4 is 4.90 Å². The molecule has 4 aromatic rings. The Balaban J connectivity index is 1.23. The second-order valence-corrected chi connectivity index (χ2v) is 26.0. The molecule has 27 nitrogen and oxygen atoms in total. The minimum atomic E-state index is -5.38. The lowest BCUT2D eigenvalue weighted by Crippen LogP contribution is -2.32. The monoisotopic (exact) mass is 1280 g/mol. The summed E-state index contributed by atoms with van der Waals surface area (Å²) >= 11 is 0. The Kier molecular flexibility index (Phi) is 22.6. The highest BCUT2D eigenvalue weighted by Gasteiger charge is 2.47. The third-order valence-electron chi connectivity index (χ3n) is 14.6. The number of hydrogen-bond donors (Lipinski definition) is 0. The molecule has 2 amide bonds. The zero-order chi connectivity index (χ0) is 62.8. The number of fused-ring (bicyclic) bond motifs is 6. The van der Waals surface area contributed by atoms with Crippen molar-refractivity contribution in [2.24, 2.45) is 0 Å². The number of hydrogen-bond acceptors (Lipinski definition) is 25. The van der Waals surface area contributed by atoms with Crippen LogP contribution in [-0.2, 0) is 108 Å². The highest BCUT2D eigenvalue weighted by Crippen LogP contribution is 2.54. The summed E-state index contributed by atoms with van der Waals surface area (Å²) in [6.07, 6.45) is 5.01. The lowest BCUT2D eigenvalue weighted by atomic mass is 9.76. The number of hydroxylamine groups is 2. The van der Waals surface area contributed by atoms with E-state index in [-0.39, 0.29) is 133 Å². The lowest BCUT2D eigenvalue weighted by Gasteiger charge is -2.31. The minimum absolute atomic E-state index is 0.00630. The van der Waals surface area contributed by atoms with Crippen molar-refractivity contribution < 1.29 is 114 Å². The molecule has 0 radical (unpaired) electrons. The van der Waals surface area contributed by atoms with E-state index in [1.54, 1.807) is 51.3 Å². The van der Waals surface area contributed by atoms with Gasteiger partial charge in [0.05, 0.1) is 111 Å². The van der Waals surface area contributed by atoms with Crippen LogP contribution in [0.25, 0.3) is 21.5 Å². The van der Waals surface area contributed by atoms with Gasteiger partial charge in [-0.15, -0.1) is 5.06 Å². The number of amides is 2. The average molecular weight is 1280 g/mol. The van der Waals surface area contributed by atoms with Crippen LogP contribution >= 0.6 is 0 Å². The number of allylic oxidation sites excluding steroid dienone is 4. The molecule has 0 N–H and O–H groups in total. The summed E-state index contributed by atoms with van der Waals surface area (Å²) in [6, 6.07) is 9.00. The lowest BCUT2D eigenvalue weighted by molar-refractivity contribution is -0.442. The number of benzene rings is 4. The fourth-order valence-electron chi connectivity index (χ4n) is 10.6. The van der Waals surface area contributed by atoms with Crippen LogP contribution in [0.4, 0.5) is 11.4 Å². The molecule has 1 unspecified atom stereocenters. The zero-order valence-corrected chi connectivity index (χ0v) is 51.0.